The van der Waals surface area contributed by atoms with Gasteiger partial charge in [0.15, 0.2) is 0 Å². The topological polar surface area (TPSA) is 98.5 Å². The van der Waals surface area contributed by atoms with Gasteiger partial charge in [0.05, 0.1) is 0 Å². The third-order valence-corrected chi connectivity index (χ3v) is 4.08. The third-order valence-electron chi connectivity index (χ3n) is 4.08. The Labute approximate surface area is 197 Å². The van der Waals surface area contributed by atoms with Gasteiger partial charge in [0.2, 0.25) is 0 Å². The van der Waals surface area contributed by atoms with E-state index in [2.05, 4.69) is 13.8 Å². The third kappa shape index (κ3) is 44.8. The molecule has 0 unspecified atom stereocenters. The van der Waals surface area contributed by atoms with E-state index in [0.717, 1.165) is 0 Å². The van der Waals surface area contributed by atoms with Crippen molar-refractivity contribution in [1.82, 2.24) is 0 Å². The van der Waals surface area contributed by atoms with E-state index in [4.69, 9.17) is 15.6 Å². The zero-order valence-electron chi connectivity index (χ0n) is 20.3. The van der Waals surface area contributed by atoms with Crippen LogP contribution < -0.4 is 29.6 Å². The summed E-state index contributed by atoms with van der Waals surface area (Å²) in [6, 6.07) is 0. The number of carboxylic acid groups (broad SMARTS) is 2. The minimum Gasteiger partial charge on any atom is -1.00 e. The fourth-order valence-corrected chi connectivity index (χ4v) is 2.27. The zero-order chi connectivity index (χ0) is 21.3. The van der Waals surface area contributed by atoms with Crippen molar-refractivity contribution in [1.29, 1.82) is 5.41 Å². The van der Waals surface area contributed by atoms with Crippen LogP contribution in [0.25, 0.3) is 0 Å². The van der Waals surface area contributed by atoms with Gasteiger partial charge in [-0.1, -0.05) is 111 Å². The summed E-state index contributed by atoms with van der Waals surface area (Å²) < 4.78 is 0. The number of aliphatic carboxylic acids is 2. The first kappa shape index (κ1) is 35.1. The molecule has 0 saturated carbocycles. The molecule has 28 heavy (non-hydrogen) atoms. The molecule has 0 aliphatic rings. The van der Waals surface area contributed by atoms with Crippen LogP contribution in [-0.4, -0.2) is 27.9 Å². The van der Waals surface area contributed by atoms with Crippen LogP contribution in [0.3, 0.4) is 0 Å². The maximum atomic E-state index is 9.47. The Balaban J connectivity index is -0.000000123. The Hall–Kier alpha value is -0.390. The van der Waals surface area contributed by atoms with E-state index in [1.54, 1.807) is 6.92 Å². The van der Waals surface area contributed by atoms with Gasteiger partial charge in [0.1, 0.15) is 5.71 Å². The molecule has 0 amide bonds. The van der Waals surface area contributed by atoms with Crippen molar-refractivity contribution in [3.05, 3.63) is 0 Å². The molecule has 164 valence electrons. The minimum atomic E-state index is -1.16. The molecule has 0 aromatic carbocycles. The molecule has 3 N–H and O–H groups in total. The van der Waals surface area contributed by atoms with E-state index in [-0.39, 0.29) is 43.1 Å². The molecule has 0 aromatic heterocycles. The fraction of sp³-hybridized carbons (Fsp3) is 0.864. The summed E-state index contributed by atoms with van der Waals surface area (Å²) in [5.74, 6) is -1.90. The molecule has 0 aliphatic heterocycles. The first-order valence-electron chi connectivity index (χ1n) is 10.8. The van der Waals surface area contributed by atoms with Gasteiger partial charge in [-0.2, -0.15) is 0 Å². The molecule has 0 aliphatic carbocycles. The Morgan fingerprint density at radius 3 is 0.964 bits per heavy atom. The van der Waals surface area contributed by atoms with Gasteiger partial charge in [-0.05, 0) is 6.92 Å². The molecule has 0 atom stereocenters. The van der Waals surface area contributed by atoms with Crippen molar-refractivity contribution in [2.24, 2.45) is 0 Å². The van der Waals surface area contributed by atoms with Gasteiger partial charge in [0.25, 0.3) is 0 Å². The fourth-order valence-electron chi connectivity index (χ4n) is 2.27. The van der Waals surface area contributed by atoms with E-state index in [0.29, 0.717) is 0 Å². The van der Waals surface area contributed by atoms with Gasteiger partial charge in [-0.25, -0.2) is 4.79 Å². The number of carbonyl (C=O) groups is 2. The molecule has 5 nitrogen and oxygen atoms in total. The summed E-state index contributed by atoms with van der Waals surface area (Å²) in [5, 5.41) is 21.8. The van der Waals surface area contributed by atoms with Gasteiger partial charge in [-0.15, -0.1) is 0 Å². The Morgan fingerprint density at radius 1 is 0.679 bits per heavy atom. The Kier molecular flexibility index (Phi) is 39.2. The summed E-state index contributed by atoms with van der Waals surface area (Å²) in [4.78, 5) is 18.8. The van der Waals surface area contributed by atoms with E-state index in [1.165, 1.54) is 96.8 Å². The van der Waals surface area contributed by atoms with Crippen LogP contribution in [0.2, 0.25) is 0 Å². The predicted molar refractivity (Wildman–Crippen MR) is 116 cm³/mol. The number of rotatable bonds is 15. The van der Waals surface area contributed by atoms with E-state index < -0.39 is 11.9 Å². The van der Waals surface area contributed by atoms with Crippen molar-refractivity contribution >= 4 is 17.7 Å². The van der Waals surface area contributed by atoms with Gasteiger partial charge >= 0.3 is 41.5 Å². The standard InChI is InChI=1S/C16H34.C3H5NO2.C3H6O2.Na.H/c1-3-5-7-9-11-13-15-16-14-12-10-8-6-4-2;1-2(4)3(5)6;1-2-3(4)5;;/h3-16H2,1-2H3;4H,1H3,(H,5,6);2H2,1H3,(H,4,5);;/q;;;+1;-1. The van der Waals surface area contributed by atoms with Crippen LogP contribution in [0.1, 0.15) is 125 Å². The molecule has 0 fully saturated rings. The normalized spacial score (nSPS) is 9.14. The summed E-state index contributed by atoms with van der Waals surface area (Å²) in [7, 11) is 0. The van der Waals surface area contributed by atoms with E-state index >= 15 is 0 Å². The molecule has 0 rings (SSSR count). The van der Waals surface area contributed by atoms with E-state index in [9.17, 15) is 9.59 Å². The number of hydrogen-bond donors (Lipinski definition) is 3. The number of hydrogen-bond acceptors (Lipinski definition) is 3. The SMILES string of the molecule is CC(=N)C(=O)O.CCC(=O)O.CCCCCCCCCCCCCCCC.[H-].[Na+]. The van der Waals surface area contributed by atoms with Crippen LogP contribution in [0, 0.1) is 5.41 Å². The molecule has 0 bridgehead atoms. The molecular formula is C22H46NNaO4. The maximum Gasteiger partial charge on any atom is 1.00 e. The first-order chi connectivity index (χ1) is 12.8. The van der Waals surface area contributed by atoms with Gasteiger partial charge < -0.3 is 11.6 Å². The number of unbranched alkanes of at least 4 members (excludes halogenated alkanes) is 13. The summed E-state index contributed by atoms with van der Waals surface area (Å²) in [6.45, 7) is 7.40. The van der Waals surface area contributed by atoms with Crippen LogP contribution >= 0.6 is 0 Å². The molecular weight excluding hydrogens is 365 g/mol. The smallest absolute Gasteiger partial charge is 1.00 e. The monoisotopic (exact) mass is 411 g/mol. The number of carboxylic acids is 2. The Bertz CT molecular complexity index is 330. The molecule has 0 heterocycles. The molecule has 0 radical (unpaired) electrons. The van der Waals surface area contributed by atoms with Crippen LogP contribution in [0.15, 0.2) is 0 Å². The van der Waals surface area contributed by atoms with Crippen LogP contribution in [0.5, 0.6) is 0 Å². The molecule has 0 spiro atoms. The summed E-state index contributed by atoms with van der Waals surface area (Å²) >= 11 is 0. The first-order valence-corrected chi connectivity index (χ1v) is 10.8. The predicted octanol–water partition coefficient (Wildman–Crippen LogP) is 4.20. The van der Waals surface area contributed by atoms with E-state index in [1.807, 2.05) is 0 Å². The van der Waals surface area contributed by atoms with Crippen molar-refractivity contribution < 1.29 is 50.8 Å². The van der Waals surface area contributed by atoms with Gasteiger partial charge in [0, 0.05) is 6.42 Å². The van der Waals surface area contributed by atoms with Crippen LogP contribution in [-0.2, 0) is 9.59 Å². The largest absolute Gasteiger partial charge is 1.00 e. The molecule has 6 heteroatoms. The molecule has 0 aromatic rings. The van der Waals surface area contributed by atoms with Crippen LogP contribution in [0.4, 0.5) is 0 Å². The summed E-state index contributed by atoms with van der Waals surface area (Å²) in [5.41, 5.74) is -0.324. The second-order valence-electron chi connectivity index (χ2n) is 6.92. The zero-order valence-corrected chi connectivity index (χ0v) is 21.3. The second kappa shape index (κ2) is 31.3. The number of nitrogens with one attached hydrogen (secondary N) is 1. The average molecular weight is 412 g/mol. The van der Waals surface area contributed by atoms with Crippen molar-refractivity contribution in [2.75, 3.05) is 0 Å². The van der Waals surface area contributed by atoms with Crippen molar-refractivity contribution in [2.45, 2.75) is 124 Å². The second-order valence-corrected chi connectivity index (χ2v) is 6.92. The quantitative estimate of drug-likeness (QED) is 0.214. The average Bonchev–Trinajstić information content (AvgIpc) is 2.63. The summed E-state index contributed by atoms with van der Waals surface area (Å²) in [6.07, 6.45) is 20.6. The molecule has 0 saturated heterocycles. The minimum absolute atomic E-state index is 0. The van der Waals surface area contributed by atoms with Crippen molar-refractivity contribution in [3.63, 3.8) is 0 Å². The Morgan fingerprint density at radius 2 is 0.857 bits per heavy atom. The van der Waals surface area contributed by atoms with Crippen molar-refractivity contribution in [3.8, 4) is 0 Å². The van der Waals surface area contributed by atoms with Gasteiger partial charge in [-0.3, -0.25) is 10.2 Å². The maximum absolute atomic E-state index is 9.47.